The van der Waals surface area contributed by atoms with Crippen molar-refractivity contribution in [3.63, 3.8) is 0 Å². The number of carbonyl (C=O) groups excluding carboxylic acids is 3. The zero-order valence-corrected chi connectivity index (χ0v) is 16.0. The maximum absolute atomic E-state index is 12.3. The lowest BCUT2D eigenvalue weighted by atomic mass is 9.88. The molecule has 28 heavy (non-hydrogen) atoms. The number of aryl methyl sites for hydroxylation is 1. The highest BCUT2D eigenvalue weighted by Crippen LogP contribution is 2.25. The first-order valence-corrected chi connectivity index (χ1v) is 9.61. The first-order valence-electron chi connectivity index (χ1n) is 9.61. The Bertz CT molecular complexity index is 856. The van der Waals surface area contributed by atoms with Crippen LogP contribution in [0.4, 0.5) is 5.69 Å². The Morgan fingerprint density at radius 1 is 0.821 bits per heavy atom. The number of anilines is 1. The zero-order chi connectivity index (χ0) is 19.9. The summed E-state index contributed by atoms with van der Waals surface area (Å²) in [6.07, 6.45) is 5.28. The van der Waals surface area contributed by atoms with Gasteiger partial charge in [-0.1, -0.05) is 37.0 Å². The molecular weight excluding hydrogens is 354 g/mol. The number of hydrogen-bond acceptors (Lipinski definition) is 3. The molecule has 0 radical (unpaired) electrons. The van der Waals surface area contributed by atoms with Gasteiger partial charge in [0, 0.05) is 22.7 Å². The summed E-state index contributed by atoms with van der Waals surface area (Å²) in [5, 5.41) is 2.91. The van der Waals surface area contributed by atoms with Gasteiger partial charge in [0.25, 0.3) is 11.8 Å². The van der Waals surface area contributed by atoms with Gasteiger partial charge in [0.1, 0.15) is 0 Å². The van der Waals surface area contributed by atoms with Gasteiger partial charge in [0.2, 0.25) is 5.91 Å². The van der Waals surface area contributed by atoms with Crippen LogP contribution in [0.15, 0.2) is 48.5 Å². The van der Waals surface area contributed by atoms with Crippen LogP contribution in [0.3, 0.4) is 0 Å². The lowest BCUT2D eigenvalue weighted by molar-refractivity contribution is -0.120. The molecule has 0 bridgehead atoms. The molecule has 0 atom stereocenters. The fourth-order valence-electron chi connectivity index (χ4n) is 3.36. The average Bonchev–Trinajstić information content (AvgIpc) is 2.73. The Morgan fingerprint density at radius 2 is 1.46 bits per heavy atom. The Hall–Kier alpha value is -3.15. The van der Waals surface area contributed by atoms with Crippen LogP contribution in [0.2, 0.25) is 0 Å². The van der Waals surface area contributed by atoms with E-state index in [1.165, 1.54) is 6.42 Å². The molecule has 0 spiro atoms. The minimum absolute atomic E-state index is 0.0438. The second kappa shape index (κ2) is 9.17. The molecule has 1 saturated carbocycles. The molecule has 146 valence electrons. The molecule has 2 aromatic rings. The standard InChI is InChI=1S/C22H25N3O3/c1-15-6-5-9-18(14-15)22(28)25-24-21(27)17-10-12-19(13-11-17)23-20(26)16-7-3-2-4-8-16/h5-6,9-14,16H,2-4,7-8H2,1H3,(H,23,26)(H,24,27)(H,25,28). The van der Waals surface area contributed by atoms with Crippen LogP contribution < -0.4 is 16.2 Å². The van der Waals surface area contributed by atoms with E-state index in [2.05, 4.69) is 16.2 Å². The van der Waals surface area contributed by atoms with E-state index in [0.29, 0.717) is 16.8 Å². The predicted molar refractivity (Wildman–Crippen MR) is 108 cm³/mol. The number of hydrogen-bond donors (Lipinski definition) is 3. The van der Waals surface area contributed by atoms with E-state index in [0.717, 1.165) is 31.2 Å². The first-order chi connectivity index (χ1) is 13.5. The van der Waals surface area contributed by atoms with Crippen molar-refractivity contribution in [1.29, 1.82) is 0 Å². The molecule has 1 aliphatic rings. The highest BCUT2D eigenvalue weighted by atomic mass is 16.2. The second-order valence-electron chi connectivity index (χ2n) is 7.18. The normalized spacial score (nSPS) is 14.2. The highest BCUT2D eigenvalue weighted by Gasteiger charge is 2.21. The molecule has 0 saturated heterocycles. The first kappa shape index (κ1) is 19.6. The molecule has 3 N–H and O–H groups in total. The molecule has 3 rings (SSSR count). The van der Waals surface area contributed by atoms with Gasteiger partial charge < -0.3 is 5.32 Å². The predicted octanol–water partition coefficient (Wildman–Crippen LogP) is 3.59. The number of rotatable bonds is 4. The summed E-state index contributed by atoms with van der Waals surface area (Å²) < 4.78 is 0. The van der Waals surface area contributed by atoms with Crippen LogP contribution in [-0.2, 0) is 4.79 Å². The van der Waals surface area contributed by atoms with Crippen molar-refractivity contribution in [3.05, 3.63) is 65.2 Å². The average molecular weight is 379 g/mol. The van der Waals surface area contributed by atoms with E-state index in [-0.39, 0.29) is 17.7 Å². The van der Waals surface area contributed by atoms with Gasteiger partial charge in [-0.3, -0.25) is 25.2 Å². The van der Waals surface area contributed by atoms with Gasteiger partial charge in [0.15, 0.2) is 0 Å². The Kier molecular flexibility index (Phi) is 6.42. The van der Waals surface area contributed by atoms with Crippen LogP contribution in [0.5, 0.6) is 0 Å². The molecule has 3 amide bonds. The molecule has 0 aliphatic heterocycles. The molecule has 0 aromatic heterocycles. The highest BCUT2D eigenvalue weighted by molar-refractivity contribution is 5.99. The van der Waals surface area contributed by atoms with Crippen molar-refractivity contribution in [1.82, 2.24) is 10.9 Å². The number of nitrogens with one attached hydrogen (secondary N) is 3. The van der Waals surface area contributed by atoms with Gasteiger partial charge in [-0.2, -0.15) is 0 Å². The molecule has 0 unspecified atom stereocenters. The lowest BCUT2D eigenvalue weighted by Gasteiger charge is -2.20. The molecule has 2 aromatic carbocycles. The van der Waals surface area contributed by atoms with Crippen molar-refractivity contribution >= 4 is 23.4 Å². The minimum atomic E-state index is -0.425. The van der Waals surface area contributed by atoms with Gasteiger partial charge >= 0.3 is 0 Å². The maximum atomic E-state index is 12.3. The molecule has 6 heteroatoms. The minimum Gasteiger partial charge on any atom is -0.326 e. The summed E-state index contributed by atoms with van der Waals surface area (Å²) >= 11 is 0. The summed E-state index contributed by atoms with van der Waals surface area (Å²) in [5.41, 5.74) is 7.30. The Balaban J connectivity index is 1.51. The smallest absolute Gasteiger partial charge is 0.269 e. The van der Waals surface area contributed by atoms with Crippen LogP contribution in [0.1, 0.15) is 58.4 Å². The number of hydrazine groups is 1. The van der Waals surface area contributed by atoms with E-state index >= 15 is 0 Å². The van der Waals surface area contributed by atoms with Crippen molar-refractivity contribution < 1.29 is 14.4 Å². The third kappa shape index (κ3) is 5.19. The van der Waals surface area contributed by atoms with Gasteiger partial charge in [0.05, 0.1) is 0 Å². The molecule has 1 fully saturated rings. The summed E-state index contributed by atoms with van der Waals surface area (Å²) in [5.74, 6) is -0.685. The van der Waals surface area contributed by atoms with Crippen molar-refractivity contribution in [2.45, 2.75) is 39.0 Å². The SMILES string of the molecule is Cc1cccc(C(=O)NNC(=O)c2ccc(NC(=O)C3CCCCC3)cc2)c1. The van der Waals surface area contributed by atoms with Gasteiger partial charge in [-0.15, -0.1) is 0 Å². The fraction of sp³-hybridized carbons (Fsp3) is 0.318. The Labute approximate surface area is 164 Å². The number of amides is 3. The van der Waals surface area contributed by atoms with Crippen molar-refractivity contribution in [2.24, 2.45) is 5.92 Å². The quantitative estimate of drug-likeness (QED) is 0.710. The van der Waals surface area contributed by atoms with Crippen LogP contribution in [0, 0.1) is 12.8 Å². The topological polar surface area (TPSA) is 87.3 Å². The summed E-state index contributed by atoms with van der Waals surface area (Å²) in [7, 11) is 0. The van der Waals surface area contributed by atoms with E-state index in [4.69, 9.17) is 0 Å². The van der Waals surface area contributed by atoms with E-state index in [9.17, 15) is 14.4 Å². The van der Waals surface area contributed by atoms with Crippen LogP contribution in [0.25, 0.3) is 0 Å². The molecule has 6 nitrogen and oxygen atoms in total. The van der Waals surface area contributed by atoms with Crippen molar-refractivity contribution in [2.75, 3.05) is 5.32 Å². The maximum Gasteiger partial charge on any atom is 0.269 e. The van der Waals surface area contributed by atoms with Crippen molar-refractivity contribution in [3.8, 4) is 0 Å². The van der Waals surface area contributed by atoms with Gasteiger partial charge in [-0.05, 0) is 56.2 Å². The fourth-order valence-corrected chi connectivity index (χ4v) is 3.36. The monoisotopic (exact) mass is 379 g/mol. The number of carbonyl (C=O) groups is 3. The zero-order valence-electron chi connectivity index (χ0n) is 16.0. The number of benzene rings is 2. The van der Waals surface area contributed by atoms with E-state index < -0.39 is 5.91 Å². The summed E-state index contributed by atoms with van der Waals surface area (Å²) in [6, 6.07) is 13.7. The van der Waals surface area contributed by atoms with Gasteiger partial charge in [-0.25, -0.2) is 0 Å². The molecule has 0 heterocycles. The van der Waals surface area contributed by atoms with Crippen LogP contribution in [-0.4, -0.2) is 17.7 Å². The largest absolute Gasteiger partial charge is 0.326 e. The molecule has 1 aliphatic carbocycles. The third-order valence-electron chi connectivity index (χ3n) is 4.96. The summed E-state index contributed by atoms with van der Waals surface area (Å²) in [4.78, 5) is 36.6. The second-order valence-corrected chi connectivity index (χ2v) is 7.18. The Morgan fingerprint density at radius 3 is 2.11 bits per heavy atom. The lowest BCUT2D eigenvalue weighted by Crippen LogP contribution is -2.41. The van der Waals surface area contributed by atoms with E-state index in [1.54, 1.807) is 42.5 Å². The summed E-state index contributed by atoms with van der Waals surface area (Å²) in [6.45, 7) is 1.89. The molecular formula is C22H25N3O3. The van der Waals surface area contributed by atoms with E-state index in [1.807, 2.05) is 13.0 Å². The van der Waals surface area contributed by atoms with Crippen LogP contribution >= 0.6 is 0 Å². The third-order valence-corrected chi connectivity index (χ3v) is 4.96.